The van der Waals surface area contributed by atoms with E-state index in [-0.39, 0.29) is 0 Å². The van der Waals surface area contributed by atoms with Crippen molar-refractivity contribution in [2.24, 2.45) is 5.16 Å². The number of halogens is 1. The Hall–Kier alpha value is -1.61. The molecule has 0 saturated carbocycles. The number of benzene rings is 2. The van der Waals surface area contributed by atoms with Crippen LogP contribution < -0.4 is 0 Å². The lowest BCUT2D eigenvalue weighted by Crippen LogP contribution is -1.98. The van der Waals surface area contributed by atoms with E-state index in [0.717, 1.165) is 26.7 Å². The van der Waals surface area contributed by atoms with Crippen LogP contribution >= 0.6 is 15.9 Å². The van der Waals surface area contributed by atoms with Gasteiger partial charge in [0, 0.05) is 15.6 Å². The van der Waals surface area contributed by atoms with Crippen molar-refractivity contribution >= 4 is 21.6 Å². The molecule has 1 aliphatic carbocycles. The van der Waals surface area contributed by atoms with Crippen molar-refractivity contribution in [3.8, 4) is 11.1 Å². The maximum absolute atomic E-state index is 9.15. The van der Waals surface area contributed by atoms with Gasteiger partial charge in [0.15, 0.2) is 0 Å². The van der Waals surface area contributed by atoms with E-state index < -0.39 is 0 Å². The van der Waals surface area contributed by atoms with Gasteiger partial charge in [-0.25, -0.2) is 0 Å². The number of oxime groups is 1. The maximum Gasteiger partial charge on any atom is 0.119 e. The van der Waals surface area contributed by atoms with Gasteiger partial charge in [0.25, 0.3) is 0 Å². The van der Waals surface area contributed by atoms with Gasteiger partial charge in [0.05, 0.1) is 0 Å². The molecular formula is C13H8BrNO. The molecule has 0 radical (unpaired) electrons. The molecule has 78 valence electrons. The van der Waals surface area contributed by atoms with Crippen LogP contribution in [-0.2, 0) is 0 Å². The predicted octanol–water partition coefficient (Wildman–Crippen LogP) is 3.66. The Balaban J connectivity index is 2.44. The van der Waals surface area contributed by atoms with E-state index >= 15 is 0 Å². The van der Waals surface area contributed by atoms with Crippen LogP contribution in [0.4, 0.5) is 0 Å². The third-order valence-electron chi connectivity index (χ3n) is 2.82. The first kappa shape index (κ1) is 9.60. The average Bonchev–Trinajstić information content (AvgIpc) is 2.65. The quantitative estimate of drug-likeness (QED) is 0.492. The number of nitrogens with zero attached hydrogens (tertiary/aromatic N) is 1. The molecule has 0 spiro atoms. The van der Waals surface area contributed by atoms with Crippen LogP contribution in [0.25, 0.3) is 11.1 Å². The Bertz CT molecular complexity index is 605. The molecule has 2 aromatic carbocycles. The molecule has 0 unspecified atom stereocenters. The first-order valence-electron chi connectivity index (χ1n) is 4.93. The molecule has 0 saturated heterocycles. The van der Waals surface area contributed by atoms with Crippen molar-refractivity contribution in [1.82, 2.24) is 0 Å². The Morgan fingerprint density at radius 2 is 1.56 bits per heavy atom. The summed E-state index contributed by atoms with van der Waals surface area (Å²) in [7, 11) is 0. The van der Waals surface area contributed by atoms with E-state index in [2.05, 4.69) is 21.1 Å². The minimum absolute atomic E-state index is 0.637. The fraction of sp³-hybridized carbons (Fsp3) is 0. The topological polar surface area (TPSA) is 32.6 Å². The molecular weight excluding hydrogens is 266 g/mol. The normalized spacial score (nSPS) is 14.9. The third kappa shape index (κ3) is 1.15. The van der Waals surface area contributed by atoms with Crippen molar-refractivity contribution < 1.29 is 5.21 Å². The van der Waals surface area contributed by atoms with Gasteiger partial charge in [0.1, 0.15) is 5.71 Å². The fourth-order valence-electron chi connectivity index (χ4n) is 2.15. The number of rotatable bonds is 0. The summed E-state index contributed by atoms with van der Waals surface area (Å²) in [6.45, 7) is 0. The van der Waals surface area contributed by atoms with Crippen molar-refractivity contribution in [3.05, 3.63) is 58.1 Å². The number of hydrogen-bond acceptors (Lipinski definition) is 2. The van der Waals surface area contributed by atoms with E-state index in [1.165, 1.54) is 0 Å². The molecule has 1 aliphatic rings. The van der Waals surface area contributed by atoms with Crippen molar-refractivity contribution in [2.45, 2.75) is 0 Å². The fourth-order valence-corrected chi connectivity index (χ4v) is 2.71. The van der Waals surface area contributed by atoms with E-state index in [4.69, 9.17) is 5.21 Å². The summed E-state index contributed by atoms with van der Waals surface area (Å²) in [5.41, 5.74) is 4.81. The summed E-state index contributed by atoms with van der Waals surface area (Å²) in [4.78, 5) is 0. The van der Waals surface area contributed by atoms with Gasteiger partial charge in [-0.1, -0.05) is 57.5 Å². The van der Waals surface area contributed by atoms with Gasteiger partial charge in [0.2, 0.25) is 0 Å². The highest BCUT2D eigenvalue weighted by Crippen LogP contribution is 2.40. The van der Waals surface area contributed by atoms with Gasteiger partial charge in [-0.05, 0) is 17.2 Å². The van der Waals surface area contributed by atoms with Crippen LogP contribution in [-0.4, -0.2) is 10.9 Å². The highest BCUT2D eigenvalue weighted by Gasteiger charge is 2.26. The smallest absolute Gasteiger partial charge is 0.119 e. The third-order valence-corrected chi connectivity index (χ3v) is 3.48. The van der Waals surface area contributed by atoms with Gasteiger partial charge in [-0.3, -0.25) is 0 Å². The van der Waals surface area contributed by atoms with E-state index in [0.29, 0.717) is 5.71 Å². The summed E-state index contributed by atoms with van der Waals surface area (Å²) < 4.78 is 0.953. The number of hydrogen-bond donors (Lipinski definition) is 1. The lowest BCUT2D eigenvalue weighted by Gasteiger charge is -2.01. The molecule has 0 amide bonds. The highest BCUT2D eigenvalue weighted by atomic mass is 79.9. The summed E-state index contributed by atoms with van der Waals surface area (Å²) in [5.74, 6) is 0. The molecule has 0 atom stereocenters. The molecule has 2 nitrogen and oxygen atoms in total. The van der Waals surface area contributed by atoms with Crippen LogP contribution in [0.5, 0.6) is 0 Å². The minimum Gasteiger partial charge on any atom is -0.410 e. The van der Waals surface area contributed by atoms with Crippen LogP contribution in [0, 0.1) is 0 Å². The molecule has 0 fully saturated rings. The molecule has 3 heteroatoms. The standard InChI is InChI=1S/C13H8BrNO/c14-11-7-3-6-9-8-4-1-2-5-10(8)13(15-16)12(9)11/h1-7,16H/b15-13-. The summed E-state index contributed by atoms with van der Waals surface area (Å²) >= 11 is 3.50. The zero-order valence-electron chi connectivity index (χ0n) is 8.31. The zero-order chi connectivity index (χ0) is 11.1. The molecule has 0 aromatic heterocycles. The Kier molecular flexibility index (Phi) is 2.07. The summed E-state index contributed by atoms with van der Waals surface area (Å²) in [6, 6.07) is 13.9. The minimum atomic E-state index is 0.637. The van der Waals surface area contributed by atoms with Crippen molar-refractivity contribution in [2.75, 3.05) is 0 Å². The lowest BCUT2D eigenvalue weighted by atomic mass is 10.1. The van der Waals surface area contributed by atoms with Gasteiger partial charge in [-0.2, -0.15) is 0 Å². The van der Waals surface area contributed by atoms with Crippen LogP contribution in [0.1, 0.15) is 11.1 Å². The number of fused-ring (bicyclic) bond motifs is 3. The Labute approximate surface area is 101 Å². The van der Waals surface area contributed by atoms with Crippen LogP contribution in [0.15, 0.2) is 52.1 Å². The van der Waals surface area contributed by atoms with Gasteiger partial charge in [-0.15, -0.1) is 0 Å². The van der Waals surface area contributed by atoms with Crippen molar-refractivity contribution in [1.29, 1.82) is 0 Å². The second kappa shape index (κ2) is 3.46. The second-order valence-electron chi connectivity index (χ2n) is 3.66. The largest absolute Gasteiger partial charge is 0.410 e. The lowest BCUT2D eigenvalue weighted by molar-refractivity contribution is 0.320. The molecule has 0 heterocycles. The highest BCUT2D eigenvalue weighted by molar-refractivity contribution is 9.10. The molecule has 0 bridgehead atoms. The van der Waals surface area contributed by atoms with E-state index in [1.54, 1.807) is 0 Å². The monoisotopic (exact) mass is 273 g/mol. The molecule has 3 rings (SSSR count). The average molecular weight is 274 g/mol. The summed E-state index contributed by atoms with van der Waals surface area (Å²) in [6.07, 6.45) is 0. The molecule has 2 aromatic rings. The molecule has 0 aliphatic heterocycles. The van der Waals surface area contributed by atoms with E-state index in [9.17, 15) is 0 Å². The Morgan fingerprint density at radius 1 is 0.875 bits per heavy atom. The zero-order valence-corrected chi connectivity index (χ0v) is 9.90. The SMILES string of the molecule is O/N=C1/c2ccccc2-c2cccc(Br)c21. The van der Waals surface area contributed by atoms with Crippen LogP contribution in [0.2, 0.25) is 0 Å². The Morgan fingerprint density at radius 3 is 2.31 bits per heavy atom. The van der Waals surface area contributed by atoms with Crippen molar-refractivity contribution in [3.63, 3.8) is 0 Å². The maximum atomic E-state index is 9.15. The second-order valence-corrected chi connectivity index (χ2v) is 4.51. The van der Waals surface area contributed by atoms with Gasteiger partial charge >= 0.3 is 0 Å². The molecule has 1 N–H and O–H groups in total. The predicted molar refractivity (Wildman–Crippen MR) is 67.0 cm³/mol. The van der Waals surface area contributed by atoms with Gasteiger partial charge < -0.3 is 5.21 Å². The first-order valence-corrected chi connectivity index (χ1v) is 5.73. The summed E-state index contributed by atoms with van der Waals surface area (Å²) in [5, 5.41) is 12.6. The van der Waals surface area contributed by atoms with E-state index in [1.807, 2.05) is 42.5 Å². The first-order chi connectivity index (χ1) is 7.83. The molecule has 16 heavy (non-hydrogen) atoms. The van der Waals surface area contributed by atoms with Crippen LogP contribution in [0.3, 0.4) is 0 Å².